The molecular formula is C13H11BrFNO4. The molecule has 1 aromatic rings. The van der Waals surface area contributed by atoms with Gasteiger partial charge < -0.3 is 10.0 Å². The standard InChI is InChI=1S/C13H11BrFNO4/c14-9-6-7(15)5-8-11(9)16(13(20)12(8)19)4-2-1-3-10(17)18/h5-6H,1-4H2,(H,17,18). The van der Waals surface area contributed by atoms with Crippen LogP contribution >= 0.6 is 15.9 Å². The smallest absolute Gasteiger partial charge is 0.303 e. The third-order valence-corrected chi connectivity index (χ3v) is 3.61. The van der Waals surface area contributed by atoms with Crippen molar-refractivity contribution in [2.75, 3.05) is 11.4 Å². The Hall–Kier alpha value is -1.76. The number of anilines is 1. The monoisotopic (exact) mass is 343 g/mol. The molecule has 0 saturated carbocycles. The lowest BCUT2D eigenvalue weighted by Gasteiger charge is -2.17. The van der Waals surface area contributed by atoms with E-state index >= 15 is 0 Å². The molecule has 2 rings (SSSR count). The molecule has 0 saturated heterocycles. The molecular weight excluding hydrogens is 333 g/mol. The molecule has 0 fully saturated rings. The Labute approximate surface area is 122 Å². The largest absolute Gasteiger partial charge is 0.481 e. The summed E-state index contributed by atoms with van der Waals surface area (Å²) >= 11 is 3.15. The molecule has 1 aromatic carbocycles. The van der Waals surface area contributed by atoms with Crippen LogP contribution in [0.3, 0.4) is 0 Å². The van der Waals surface area contributed by atoms with Crippen molar-refractivity contribution in [2.45, 2.75) is 19.3 Å². The number of amides is 1. The van der Waals surface area contributed by atoms with Crippen LogP contribution in [0.1, 0.15) is 29.6 Å². The van der Waals surface area contributed by atoms with Gasteiger partial charge >= 0.3 is 5.97 Å². The van der Waals surface area contributed by atoms with Gasteiger partial charge in [-0.3, -0.25) is 14.4 Å². The molecule has 0 radical (unpaired) electrons. The van der Waals surface area contributed by atoms with Gasteiger partial charge in [0.15, 0.2) is 0 Å². The lowest BCUT2D eigenvalue weighted by atomic mass is 10.1. The highest BCUT2D eigenvalue weighted by atomic mass is 79.9. The lowest BCUT2D eigenvalue weighted by Crippen LogP contribution is -2.30. The number of ketones is 1. The highest BCUT2D eigenvalue weighted by molar-refractivity contribution is 9.10. The van der Waals surface area contributed by atoms with E-state index in [1.54, 1.807) is 0 Å². The number of rotatable bonds is 5. The van der Waals surface area contributed by atoms with Gasteiger partial charge in [0.25, 0.3) is 11.7 Å². The van der Waals surface area contributed by atoms with Gasteiger partial charge in [0.05, 0.1) is 11.3 Å². The van der Waals surface area contributed by atoms with Crippen molar-refractivity contribution in [3.8, 4) is 0 Å². The Morgan fingerprint density at radius 3 is 2.65 bits per heavy atom. The minimum atomic E-state index is -0.905. The molecule has 7 heteroatoms. The SMILES string of the molecule is O=C(O)CCCCN1C(=O)C(=O)c2cc(F)cc(Br)c21. The fraction of sp³-hybridized carbons (Fsp3) is 0.308. The molecule has 1 N–H and O–H groups in total. The topological polar surface area (TPSA) is 74.7 Å². The van der Waals surface area contributed by atoms with Crippen LogP contribution in [0.25, 0.3) is 0 Å². The number of aliphatic carboxylic acids is 1. The first-order valence-electron chi connectivity index (χ1n) is 5.99. The van der Waals surface area contributed by atoms with Crippen LogP contribution in [0.4, 0.5) is 10.1 Å². The summed E-state index contributed by atoms with van der Waals surface area (Å²) in [5.41, 5.74) is 0.400. The Balaban J connectivity index is 2.18. The quantitative estimate of drug-likeness (QED) is 0.657. The number of carboxylic acids is 1. The van der Waals surface area contributed by atoms with Crippen LogP contribution in [0.2, 0.25) is 0 Å². The number of unbranched alkanes of at least 4 members (excludes halogenated alkanes) is 1. The molecule has 20 heavy (non-hydrogen) atoms. The van der Waals surface area contributed by atoms with Gasteiger partial charge in [0.2, 0.25) is 0 Å². The highest BCUT2D eigenvalue weighted by Crippen LogP contribution is 2.37. The number of fused-ring (bicyclic) bond motifs is 1. The molecule has 0 spiro atoms. The average Bonchev–Trinajstić information content (AvgIpc) is 2.59. The van der Waals surface area contributed by atoms with Crippen LogP contribution < -0.4 is 4.90 Å². The first-order valence-corrected chi connectivity index (χ1v) is 6.78. The second-order valence-electron chi connectivity index (χ2n) is 4.42. The predicted molar refractivity (Wildman–Crippen MR) is 72.3 cm³/mol. The molecule has 5 nitrogen and oxygen atoms in total. The number of hydrogen-bond donors (Lipinski definition) is 1. The van der Waals surface area contributed by atoms with Crippen molar-refractivity contribution in [1.29, 1.82) is 0 Å². The number of carboxylic acid groups (broad SMARTS) is 1. The number of carbonyl (C=O) groups is 3. The van der Waals surface area contributed by atoms with E-state index in [4.69, 9.17) is 5.11 Å². The summed E-state index contributed by atoms with van der Waals surface area (Å²) in [7, 11) is 0. The van der Waals surface area contributed by atoms with Crippen molar-refractivity contribution in [3.63, 3.8) is 0 Å². The second-order valence-corrected chi connectivity index (χ2v) is 5.27. The second kappa shape index (κ2) is 5.70. The number of Topliss-reactive ketones (excluding diaryl/α,β-unsaturated/α-hetero) is 1. The number of benzene rings is 1. The lowest BCUT2D eigenvalue weighted by molar-refractivity contribution is -0.137. The minimum Gasteiger partial charge on any atom is -0.481 e. The summed E-state index contributed by atoms with van der Waals surface area (Å²) in [5.74, 6) is -2.94. The van der Waals surface area contributed by atoms with Crippen molar-refractivity contribution in [2.24, 2.45) is 0 Å². The zero-order chi connectivity index (χ0) is 14.9. The zero-order valence-corrected chi connectivity index (χ0v) is 11.9. The Kier molecular flexibility index (Phi) is 4.17. The van der Waals surface area contributed by atoms with E-state index in [-0.39, 0.29) is 18.5 Å². The molecule has 1 heterocycles. The van der Waals surface area contributed by atoms with Crippen LogP contribution in [0, 0.1) is 5.82 Å². The van der Waals surface area contributed by atoms with E-state index in [1.807, 2.05) is 0 Å². The van der Waals surface area contributed by atoms with Gasteiger partial charge in [-0.15, -0.1) is 0 Å². The molecule has 1 aliphatic heterocycles. The Bertz CT molecular complexity index is 602. The molecule has 0 unspecified atom stereocenters. The molecule has 0 atom stereocenters. The van der Waals surface area contributed by atoms with Crippen LogP contribution in [0.5, 0.6) is 0 Å². The average molecular weight is 344 g/mol. The molecule has 106 valence electrons. The minimum absolute atomic E-state index is 0.00736. The summed E-state index contributed by atoms with van der Waals surface area (Å²) in [6.07, 6.45) is 0.865. The molecule has 0 aromatic heterocycles. The highest BCUT2D eigenvalue weighted by Gasteiger charge is 2.37. The Morgan fingerprint density at radius 1 is 1.30 bits per heavy atom. The van der Waals surface area contributed by atoms with Crippen LogP contribution in [-0.4, -0.2) is 29.3 Å². The fourth-order valence-electron chi connectivity index (χ4n) is 2.11. The number of nitrogens with zero attached hydrogens (tertiary/aromatic N) is 1. The summed E-state index contributed by atoms with van der Waals surface area (Å²) in [4.78, 5) is 35.3. The summed E-state index contributed by atoms with van der Waals surface area (Å²) < 4.78 is 13.6. The van der Waals surface area contributed by atoms with Gasteiger partial charge in [-0.1, -0.05) is 0 Å². The van der Waals surface area contributed by atoms with Crippen molar-refractivity contribution < 1.29 is 23.9 Å². The summed E-state index contributed by atoms with van der Waals surface area (Å²) in [6, 6.07) is 2.23. The van der Waals surface area contributed by atoms with Crippen LogP contribution in [-0.2, 0) is 9.59 Å². The van der Waals surface area contributed by atoms with Gasteiger partial charge in [-0.25, -0.2) is 4.39 Å². The maximum atomic E-state index is 13.3. The maximum absolute atomic E-state index is 13.3. The normalized spacial score (nSPS) is 13.8. The van der Waals surface area contributed by atoms with E-state index in [2.05, 4.69) is 15.9 Å². The van der Waals surface area contributed by atoms with E-state index < -0.39 is 23.5 Å². The first-order chi connectivity index (χ1) is 9.41. The van der Waals surface area contributed by atoms with Crippen molar-refractivity contribution >= 4 is 39.3 Å². The molecule has 1 aliphatic rings. The van der Waals surface area contributed by atoms with E-state index in [0.29, 0.717) is 23.0 Å². The summed E-state index contributed by atoms with van der Waals surface area (Å²) in [5, 5.41) is 8.55. The van der Waals surface area contributed by atoms with E-state index in [0.717, 1.165) is 6.07 Å². The van der Waals surface area contributed by atoms with Crippen LogP contribution in [0.15, 0.2) is 16.6 Å². The number of hydrogen-bond acceptors (Lipinski definition) is 3. The Morgan fingerprint density at radius 2 is 2.00 bits per heavy atom. The first kappa shape index (κ1) is 14.6. The third kappa shape index (κ3) is 2.72. The molecule has 1 amide bonds. The van der Waals surface area contributed by atoms with Gasteiger partial charge in [0.1, 0.15) is 5.82 Å². The summed E-state index contributed by atoms with van der Waals surface area (Å²) in [6.45, 7) is 0.231. The fourth-order valence-corrected chi connectivity index (χ4v) is 2.76. The maximum Gasteiger partial charge on any atom is 0.303 e. The van der Waals surface area contributed by atoms with Gasteiger partial charge in [0, 0.05) is 17.4 Å². The predicted octanol–water partition coefficient (Wildman–Crippen LogP) is 2.37. The van der Waals surface area contributed by atoms with E-state index in [9.17, 15) is 18.8 Å². The third-order valence-electron chi connectivity index (χ3n) is 3.00. The number of halogens is 2. The molecule has 0 bridgehead atoms. The van der Waals surface area contributed by atoms with E-state index in [1.165, 1.54) is 11.0 Å². The van der Waals surface area contributed by atoms with Gasteiger partial charge in [-0.2, -0.15) is 0 Å². The van der Waals surface area contributed by atoms with Crippen molar-refractivity contribution in [3.05, 3.63) is 28.0 Å². The number of carbonyl (C=O) groups excluding carboxylic acids is 2. The zero-order valence-electron chi connectivity index (χ0n) is 10.4. The van der Waals surface area contributed by atoms with Crippen molar-refractivity contribution in [1.82, 2.24) is 0 Å². The van der Waals surface area contributed by atoms with Gasteiger partial charge in [-0.05, 0) is 40.9 Å². The molecule has 0 aliphatic carbocycles.